The number of benzene rings is 3. The molecule has 0 bridgehead atoms. The Balaban J connectivity index is 1.76. The van der Waals surface area contributed by atoms with Gasteiger partial charge in [-0.15, -0.1) is 0 Å². The summed E-state index contributed by atoms with van der Waals surface area (Å²) in [5.41, 5.74) is 5.85. The lowest BCUT2D eigenvalue weighted by molar-refractivity contribution is -0.385. The number of aryl methyl sites for hydroxylation is 1. The fourth-order valence-electron chi connectivity index (χ4n) is 3.83. The topological polar surface area (TPSA) is 46.4 Å². The quantitative estimate of drug-likeness (QED) is 0.482. The lowest BCUT2D eigenvalue weighted by Crippen LogP contribution is -2.25. The molecule has 26 heavy (non-hydrogen) atoms. The summed E-state index contributed by atoms with van der Waals surface area (Å²) in [6.45, 7) is 2.62. The number of hydrogen-bond donors (Lipinski definition) is 0. The predicted molar refractivity (Wildman–Crippen MR) is 103 cm³/mol. The summed E-state index contributed by atoms with van der Waals surface area (Å²) in [6.07, 6.45) is 0.917. The van der Waals surface area contributed by atoms with Crippen LogP contribution in [0.15, 0.2) is 72.8 Å². The van der Waals surface area contributed by atoms with Gasteiger partial charge in [-0.2, -0.15) is 0 Å². The van der Waals surface area contributed by atoms with Crippen molar-refractivity contribution in [2.75, 3.05) is 4.90 Å². The van der Waals surface area contributed by atoms with E-state index < -0.39 is 0 Å². The Morgan fingerprint density at radius 2 is 1.81 bits per heavy atom. The summed E-state index contributed by atoms with van der Waals surface area (Å²) in [5, 5.41) is 11.4. The van der Waals surface area contributed by atoms with Crippen LogP contribution < -0.4 is 4.90 Å². The largest absolute Gasteiger partial charge is 0.359 e. The summed E-state index contributed by atoms with van der Waals surface area (Å²) in [7, 11) is 0. The van der Waals surface area contributed by atoms with Gasteiger partial charge in [-0.1, -0.05) is 66.2 Å². The van der Waals surface area contributed by atoms with Crippen molar-refractivity contribution in [2.45, 2.75) is 25.9 Å². The minimum atomic E-state index is -0.293. The van der Waals surface area contributed by atoms with Crippen LogP contribution in [-0.2, 0) is 13.0 Å². The molecule has 0 spiro atoms. The molecule has 1 atom stereocenters. The molecule has 0 amide bonds. The molecule has 4 rings (SSSR count). The minimum Gasteiger partial charge on any atom is -0.359 e. The van der Waals surface area contributed by atoms with Crippen LogP contribution in [0.4, 0.5) is 11.4 Å². The van der Waals surface area contributed by atoms with Crippen molar-refractivity contribution < 1.29 is 4.92 Å². The molecule has 0 unspecified atom stereocenters. The Labute approximate surface area is 152 Å². The second-order valence-electron chi connectivity index (χ2n) is 6.78. The lowest BCUT2D eigenvalue weighted by atomic mass is 10.0. The van der Waals surface area contributed by atoms with Crippen molar-refractivity contribution >= 4 is 11.4 Å². The van der Waals surface area contributed by atoms with E-state index in [0.29, 0.717) is 6.54 Å². The zero-order valence-electron chi connectivity index (χ0n) is 14.6. The number of rotatable bonds is 4. The predicted octanol–water partition coefficient (Wildman–Crippen LogP) is 5.21. The van der Waals surface area contributed by atoms with Crippen molar-refractivity contribution in [1.82, 2.24) is 0 Å². The van der Waals surface area contributed by atoms with E-state index in [4.69, 9.17) is 0 Å². The van der Waals surface area contributed by atoms with Crippen LogP contribution in [0, 0.1) is 17.0 Å². The third-order valence-electron chi connectivity index (χ3n) is 5.05. The summed E-state index contributed by atoms with van der Waals surface area (Å²) in [6, 6.07) is 24.1. The summed E-state index contributed by atoms with van der Waals surface area (Å²) < 4.78 is 0. The Morgan fingerprint density at radius 1 is 1.04 bits per heavy atom. The third kappa shape index (κ3) is 2.94. The number of nitro groups is 1. The molecule has 0 fully saturated rings. The molecule has 0 aromatic heterocycles. The van der Waals surface area contributed by atoms with E-state index in [0.717, 1.165) is 17.7 Å². The van der Waals surface area contributed by atoms with Gasteiger partial charge in [0.1, 0.15) is 0 Å². The maximum absolute atomic E-state index is 11.4. The van der Waals surface area contributed by atoms with E-state index in [1.54, 1.807) is 12.1 Å². The first-order valence-electron chi connectivity index (χ1n) is 8.77. The van der Waals surface area contributed by atoms with Gasteiger partial charge in [-0.05, 0) is 30.5 Å². The maximum Gasteiger partial charge on any atom is 0.274 e. The number of fused-ring (bicyclic) bond motifs is 1. The van der Waals surface area contributed by atoms with Gasteiger partial charge in [0.2, 0.25) is 0 Å². The average molecular weight is 344 g/mol. The van der Waals surface area contributed by atoms with E-state index in [9.17, 15) is 10.1 Å². The van der Waals surface area contributed by atoms with Crippen molar-refractivity contribution in [3.8, 4) is 0 Å². The molecule has 3 aromatic carbocycles. The van der Waals surface area contributed by atoms with Crippen LogP contribution in [0.5, 0.6) is 0 Å². The number of anilines is 1. The third-order valence-corrected chi connectivity index (χ3v) is 5.05. The highest BCUT2D eigenvalue weighted by Gasteiger charge is 2.31. The molecule has 0 N–H and O–H groups in total. The Kier molecular flexibility index (Phi) is 4.17. The Hall–Kier alpha value is -3.14. The van der Waals surface area contributed by atoms with Crippen LogP contribution in [-0.4, -0.2) is 4.92 Å². The monoisotopic (exact) mass is 344 g/mol. The van der Waals surface area contributed by atoms with E-state index in [2.05, 4.69) is 54.3 Å². The first kappa shape index (κ1) is 16.3. The first-order chi connectivity index (χ1) is 12.6. The Bertz CT molecular complexity index is 968. The van der Waals surface area contributed by atoms with Gasteiger partial charge in [-0.3, -0.25) is 10.1 Å². The minimum absolute atomic E-state index is 0.180. The fraction of sp³-hybridized carbons (Fsp3) is 0.182. The zero-order chi connectivity index (χ0) is 18.1. The average Bonchev–Trinajstić information content (AvgIpc) is 3.01. The van der Waals surface area contributed by atoms with E-state index in [1.165, 1.54) is 16.7 Å². The maximum atomic E-state index is 11.4. The zero-order valence-corrected chi connectivity index (χ0v) is 14.6. The highest BCUT2D eigenvalue weighted by Crippen LogP contribution is 2.42. The van der Waals surface area contributed by atoms with Gasteiger partial charge < -0.3 is 4.90 Å². The smallest absolute Gasteiger partial charge is 0.274 e. The number of hydrogen-bond acceptors (Lipinski definition) is 3. The van der Waals surface area contributed by atoms with Crippen molar-refractivity contribution in [2.24, 2.45) is 0 Å². The molecule has 3 aromatic rings. The van der Waals surface area contributed by atoms with Crippen LogP contribution in [0.3, 0.4) is 0 Å². The number of para-hydroxylation sites is 2. The van der Waals surface area contributed by atoms with E-state index in [-0.39, 0.29) is 16.7 Å². The molecular formula is C22H20N2O2. The van der Waals surface area contributed by atoms with Gasteiger partial charge >= 0.3 is 0 Å². The standard InChI is InChI=1S/C22H20N2O2/c1-16-7-6-10-17(13-16)22-14-18-8-2-4-11-20(18)23(22)15-19-9-3-5-12-21(19)24(25)26/h2-13,22H,14-15H2,1H3/t22-/m0/s1. The second kappa shape index (κ2) is 6.64. The second-order valence-corrected chi connectivity index (χ2v) is 6.78. The Morgan fingerprint density at radius 3 is 2.62 bits per heavy atom. The molecule has 4 nitrogen and oxygen atoms in total. The highest BCUT2D eigenvalue weighted by molar-refractivity contribution is 5.62. The van der Waals surface area contributed by atoms with Gasteiger partial charge in [0.05, 0.1) is 17.5 Å². The summed E-state index contributed by atoms with van der Waals surface area (Å²) in [5.74, 6) is 0. The van der Waals surface area contributed by atoms with Crippen molar-refractivity contribution in [1.29, 1.82) is 0 Å². The SMILES string of the molecule is Cc1cccc([C@@H]2Cc3ccccc3N2Cc2ccccc2[N+](=O)[O-])c1. The molecule has 1 aliphatic rings. The van der Waals surface area contributed by atoms with Crippen LogP contribution in [0.25, 0.3) is 0 Å². The highest BCUT2D eigenvalue weighted by atomic mass is 16.6. The molecule has 0 aliphatic carbocycles. The molecular weight excluding hydrogens is 324 g/mol. The van der Waals surface area contributed by atoms with Crippen molar-refractivity contribution in [3.05, 3.63) is 105 Å². The summed E-state index contributed by atoms with van der Waals surface area (Å²) in [4.78, 5) is 13.4. The molecule has 4 heteroatoms. The number of nitro benzene ring substituents is 1. The fourth-order valence-corrected chi connectivity index (χ4v) is 3.83. The molecule has 130 valence electrons. The van der Waals surface area contributed by atoms with Crippen molar-refractivity contribution in [3.63, 3.8) is 0 Å². The van der Waals surface area contributed by atoms with Gasteiger partial charge in [0.25, 0.3) is 5.69 Å². The molecule has 0 radical (unpaired) electrons. The normalized spacial score (nSPS) is 15.7. The molecule has 0 saturated heterocycles. The van der Waals surface area contributed by atoms with Crippen LogP contribution >= 0.6 is 0 Å². The lowest BCUT2D eigenvalue weighted by Gasteiger charge is -2.28. The van der Waals surface area contributed by atoms with Gasteiger partial charge in [-0.25, -0.2) is 0 Å². The summed E-state index contributed by atoms with van der Waals surface area (Å²) >= 11 is 0. The van der Waals surface area contributed by atoms with Gasteiger partial charge in [0.15, 0.2) is 0 Å². The molecule has 0 saturated carbocycles. The van der Waals surface area contributed by atoms with Crippen LogP contribution in [0.2, 0.25) is 0 Å². The van der Waals surface area contributed by atoms with Crippen LogP contribution in [0.1, 0.15) is 28.3 Å². The van der Waals surface area contributed by atoms with E-state index in [1.807, 2.05) is 18.2 Å². The molecule has 1 heterocycles. The van der Waals surface area contributed by atoms with E-state index >= 15 is 0 Å². The molecule has 1 aliphatic heterocycles. The first-order valence-corrected chi connectivity index (χ1v) is 8.77. The number of nitrogens with zero attached hydrogens (tertiary/aromatic N) is 2. The van der Waals surface area contributed by atoms with Gasteiger partial charge in [0, 0.05) is 17.3 Å².